The molecule has 1 atom stereocenters. The van der Waals surface area contributed by atoms with E-state index in [-0.39, 0.29) is 11.8 Å². The van der Waals surface area contributed by atoms with Gasteiger partial charge in [-0.2, -0.15) is 0 Å². The van der Waals surface area contributed by atoms with Crippen LogP contribution in [0.3, 0.4) is 0 Å². The molecule has 1 aliphatic carbocycles. The number of methoxy groups -OCH3 is 1. The van der Waals surface area contributed by atoms with Gasteiger partial charge in [0.1, 0.15) is 11.8 Å². The molecular weight excluding hydrogens is 306 g/mol. The van der Waals surface area contributed by atoms with Crippen LogP contribution in [0.4, 0.5) is 11.4 Å². The van der Waals surface area contributed by atoms with E-state index < -0.39 is 6.04 Å². The molecule has 1 aromatic rings. The van der Waals surface area contributed by atoms with Crippen LogP contribution in [-0.2, 0) is 9.59 Å². The molecule has 6 nitrogen and oxygen atoms in total. The smallest absolute Gasteiger partial charge is 0.246 e. The first-order chi connectivity index (χ1) is 11.5. The number of rotatable bonds is 6. The predicted octanol–water partition coefficient (Wildman–Crippen LogP) is 2.69. The van der Waals surface area contributed by atoms with Crippen LogP contribution in [0.5, 0.6) is 5.75 Å². The lowest BCUT2D eigenvalue weighted by Crippen LogP contribution is -2.42. The zero-order chi connectivity index (χ0) is 17.5. The maximum Gasteiger partial charge on any atom is 0.246 e. The van der Waals surface area contributed by atoms with Crippen molar-refractivity contribution in [1.29, 1.82) is 0 Å². The monoisotopic (exact) mass is 333 g/mol. The summed E-state index contributed by atoms with van der Waals surface area (Å²) >= 11 is 0. The van der Waals surface area contributed by atoms with Gasteiger partial charge in [-0.15, -0.1) is 0 Å². The minimum atomic E-state index is -0.593. The maximum absolute atomic E-state index is 12.2. The highest BCUT2D eigenvalue weighted by molar-refractivity contribution is 5.97. The fourth-order valence-corrected chi connectivity index (χ4v) is 3.08. The van der Waals surface area contributed by atoms with Crippen LogP contribution in [0.15, 0.2) is 18.2 Å². The second kappa shape index (κ2) is 8.57. The van der Waals surface area contributed by atoms with Gasteiger partial charge in [0.05, 0.1) is 12.8 Å². The molecule has 0 aromatic heterocycles. The van der Waals surface area contributed by atoms with Crippen molar-refractivity contribution in [2.75, 3.05) is 18.2 Å². The normalized spacial score (nSPS) is 16.2. The number of carbonyl (C=O) groups is 2. The highest BCUT2D eigenvalue weighted by Crippen LogP contribution is 2.26. The number of nitrogen functional groups attached to an aromatic ring is 1. The second-order valence-corrected chi connectivity index (χ2v) is 6.44. The summed E-state index contributed by atoms with van der Waals surface area (Å²) in [7, 11) is 1.54. The van der Waals surface area contributed by atoms with E-state index in [4.69, 9.17) is 10.5 Å². The number of anilines is 2. The quantitative estimate of drug-likeness (QED) is 0.698. The van der Waals surface area contributed by atoms with Crippen LogP contribution in [0.1, 0.15) is 45.4 Å². The van der Waals surface area contributed by atoms with Gasteiger partial charge in [0.2, 0.25) is 11.8 Å². The van der Waals surface area contributed by atoms with Gasteiger partial charge in [-0.25, -0.2) is 0 Å². The van der Waals surface area contributed by atoms with Gasteiger partial charge in [-0.05, 0) is 43.9 Å². The molecule has 1 unspecified atom stereocenters. The molecule has 6 heteroatoms. The largest absolute Gasteiger partial charge is 0.495 e. The molecule has 0 heterocycles. The lowest BCUT2D eigenvalue weighted by Gasteiger charge is -2.22. The summed E-state index contributed by atoms with van der Waals surface area (Å²) in [6.07, 6.45) is 6.40. The van der Waals surface area contributed by atoms with Crippen molar-refractivity contribution >= 4 is 23.2 Å². The zero-order valence-electron chi connectivity index (χ0n) is 14.4. The fraction of sp³-hybridized carbons (Fsp3) is 0.556. The van der Waals surface area contributed by atoms with E-state index >= 15 is 0 Å². The van der Waals surface area contributed by atoms with Gasteiger partial charge >= 0.3 is 0 Å². The molecule has 2 rings (SSSR count). The van der Waals surface area contributed by atoms with Crippen molar-refractivity contribution in [2.45, 2.75) is 51.5 Å². The third kappa shape index (κ3) is 5.15. The van der Waals surface area contributed by atoms with Crippen LogP contribution in [0.2, 0.25) is 0 Å². The summed E-state index contributed by atoms with van der Waals surface area (Å²) in [5.41, 5.74) is 6.85. The highest BCUT2D eigenvalue weighted by atomic mass is 16.5. The number of hydrogen-bond acceptors (Lipinski definition) is 4. The van der Waals surface area contributed by atoms with Gasteiger partial charge in [-0.1, -0.05) is 19.3 Å². The summed E-state index contributed by atoms with van der Waals surface area (Å²) < 4.78 is 5.08. The Bertz CT molecular complexity index is 583. The first-order valence-corrected chi connectivity index (χ1v) is 8.53. The van der Waals surface area contributed by atoms with Gasteiger partial charge in [0.15, 0.2) is 0 Å². The maximum atomic E-state index is 12.2. The lowest BCUT2D eigenvalue weighted by atomic mass is 9.87. The van der Waals surface area contributed by atoms with Crippen molar-refractivity contribution in [3.63, 3.8) is 0 Å². The Labute approximate surface area is 143 Å². The van der Waals surface area contributed by atoms with Gasteiger partial charge in [0.25, 0.3) is 0 Å². The van der Waals surface area contributed by atoms with Crippen molar-refractivity contribution in [3.8, 4) is 5.75 Å². The number of nitrogens with one attached hydrogen (secondary N) is 2. The number of hydrogen-bond donors (Lipinski definition) is 3. The summed E-state index contributed by atoms with van der Waals surface area (Å²) in [5.74, 6) is 0.688. The molecule has 1 saturated carbocycles. The van der Waals surface area contributed by atoms with Crippen molar-refractivity contribution < 1.29 is 14.3 Å². The van der Waals surface area contributed by atoms with Gasteiger partial charge in [-0.3, -0.25) is 9.59 Å². The Balaban J connectivity index is 1.82. The first-order valence-electron chi connectivity index (χ1n) is 8.53. The van der Waals surface area contributed by atoms with Crippen molar-refractivity contribution in [1.82, 2.24) is 5.32 Å². The molecule has 0 saturated heterocycles. The minimum Gasteiger partial charge on any atom is -0.495 e. The third-order valence-corrected chi connectivity index (χ3v) is 4.47. The third-order valence-electron chi connectivity index (χ3n) is 4.47. The fourth-order valence-electron chi connectivity index (χ4n) is 3.08. The molecule has 0 spiro atoms. The molecule has 0 bridgehead atoms. The Kier molecular flexibility index (Phi) is 6.46. The average molecular weight is 333 g/mol. The Hall–Kier alpha value is -2.24. The van der Waals surface area contributed by atoms with E-state index in [9.17, 15) is 9.59 Å². The summed E-state index contributed by atoms with van der Waals surface area (Å²) in [6, 6.07) is 4.44. The van der Waals surface area contributed by atoms with Crippen LogP contribution in [0, 0.1) is 5.92 Å². The van der Waals surface area contributed by atoms with Crippen molar-refractivity contribution in [3.05, 3.63) is 18.2 Å². The standard InChI is InChI=1S/C18H27N3O3/c1-12(20-17(22)10-13-6-4-3-5-7-13)18(23)21-14-8-9-16(24-2)15(19)11-14/h8-9,11-13H,3-7,10,19H2,1-2H3,(H,20,22)(H,21,23). The number of benzene rings is 1. The molecule has 1 fully saturated rings. The highest BCUT2D eigenvalue weighted by Gasteiger charge is 2.20. The number of amides is 2. The summed E-state index contributed by atoms with van der Waals surface area (Å²) in [4.78, 5) is 24.3. The molecule has 24 heavy (non-hydrogen) atoms. The Morgan fingerprint density at radius 3 is 2.62 bits per heavy atom. The van der Waals surface area contributed by atoms with E-state index in [2.05, 4.69) is 10.6 Å². The van der Waals surface area contributed by atoms with E-state index in [1.165, 1.54) is 26.4 Å². The van der Waals surface area contributed by atoms with Gasteiger partial charge in [0, 0.05) is 12.1 Å². The van der Waals surface area contributed by atoms with Crippen LogP contribution < -0.4 is 21.1 Å². The zero-order valence-corrected chi connectivity index (χ0v) is 14.4. The Morgan fingerprint density at radius 1 is 1.29 bits per heavy atom. The van der Waals surface area contributed by atoms with E-state index in [0.29, 0.717) is 29.5 Å². The molecule has 4 N–H and O–H groups in total. The summed E-state index contributed by atoms with van der Waals surface area (Å²) in [5, 5.41) is 5.53. The molecular formula is C18H27N3O3. The first kappa shape index (κ1) is 18.1. The van der Waals surface area contributed by atoms with Crippen LogP contribution >= 0.6 is 0 Å². The Morgan fingerprint density at radius 2 is 2.00 bits per heavy atom. The van der Waals surface area contributed by atoms with Gasteiger partial charge < -0.3 is 21.1 Å². The number of ether oxygens (including phenoxy) is 1. The average Bonchev–Trinajstić information content (AvgIpc) is 2.55. The lowest BCUT2D eigenvalue weighted by molar-refractivity contribution is -0.126. The molecule has 2 amide bonds. The molecule has 0 aliphatic heterocycles. The van der Waals surface area contributed by atoms with E-state index in [0.717, 1.165) is 12.8 Å². The molecule has 132 valence electrons. The number of nitrogens with two attached hydrogens (primary N) is 1. The second-order valence-electron chi connectivity index (χ2n) is 6.44. The molecule has 1 aromatic carbocycles. The SMILES string of the molecule is COc1ccc(NC(=O)C(C)NC(=O)CC2CCCCC2)cc1N. The molecule has 0 radical (unpaired) electrons. The molecule has 1 aliphatic rings. The number of carbonyl (C=O) groups excluding carboxylic acids is 2. The van der Waals surface area contributed by atoms with Crippen LogP contribution in [0.25, 0.3) is 0 Å². The summed E-state index contributed by atoms with van der Waals surface area (Å²) in [6.45, 7) is 1.68. The predicted molar refractivity (Wildman–Crippen MR) is 94.8 cm³/mol. The van der Waals surface area contributed by atoms with E-state index in [1.807, 2.05) is 0 Å². The minimum absolute atomic E-state index is 0.0567. The van der Waals surface area contributed by atoms with Crippen molar-refractivity contribution in [2.24, 2.45) is 5.92 Å². The topological polar surface area (TPSA) is 93.5 Å². The van der Waals surface area contributed by atoms with Crippen LogP contribution in [-0.4, -0.2) is 25.0 Å². The van der Waals surface area contributed by atoms with E-state index in [1.54, 1.807) is 25.1 Å².